The van der Waals surface area contributed by atoms with Gasteiger partial charge in [0, 0.05) is 6.42 Å². The zero-order valence-electron chi connectivity index (χ0n) is 23.1. The van der Waals surface area contributed by atoms with E-state index in [1.165, 1.54) is 37.7 Å². The Labute approximate surface area is 219 Å². The van der Waals surface area contributed by atoms with Gasteiger partial charge in [-0.2, -0.15) is 0 Å². The molecule has 8 atom stereocenters. The molecule has 194 valence electrons. The van der Waals surface area contributed by atoms with Crippen LogP contribution in [0.2, 0.25) is 0 Å². The molecule has 3 saturated carbocycles. The molecular formula is C34H46O2. The van der Waals surface area contributed by atoms with Gasteiger partial charge in [-0.15, -0.1) is 0 Å². The van der Waals surface area contributed by atoms with E-state index in [9.17, 15) is 4.79 Å². The van der Waals surface area contributed by atoms with Gasteiger partial charge < -0.3 is 4.74 Å². The lowest BCUT2D eigenvalue weighted by atomic mass is 9.47. The number of allylic oxidation sites excluding steroid dienone is 5. The lowest BCUT2D eigenvalue weighted by Crippen LogP contribution is -2.51. The van der Waals surface area contributed by atoms with E-state index in [0.717, 1.165) is 42.9 Å². The minimum Gasteiger partial charge on any atom is -0.458 e. The number of esters is 1. The van der Waals surface area contributed by atoms with Gasteiger partial charge in [-0.05, 0) is 111 Å². The van der Waals surface area contributed by atoms with E-state index in [2.05, 4.69) is 58.9 Å². The second-order valence-electron chi connectivity index (χ2n) is 13.1. The molecule has 2 nitrogen and oxygen atoms in total. The first-order valence-corrected chi connectivity index (χ1v) is 14.5. The van der Waals surface area contributed by atoms with Crippen molar-refractivity contribution in [3.05, 3.63) is 71.3 Å². The summed E-state index contributed by atoms with van der Waals surface area (Å²) in [5, 5.41) is 0. The van der Waals surface area contributed by atoms with Crippen molar-refractivity contribution in [2.75, 3.05) is 0 Å². The Balaban J connectivity index is 1.29. The standard InChI is InChI=1S/C34H46O2/c1-23(2)10-9-11-24(3)29-16-17-30-28-15-14-26-22-27(36-32(35)25-12-7-6-8-13-25)18-20-33(26,4)31(28)19-21-34(29,30)5/h6-14,24,27-31H,15-22H2,1-5H3/b11-9+/t24-,27-,28+,29-,30+,31+,33+,34-/m1/s1. The Morgan fingerprint density at radius 3 is 2.56 bits per heavy atom. The first-order valence-electron chi connectivity index (χ1n) is 14.5. The predicted octanol–water partition coefficient (Wildman–Crippen LogP) is 8.95. The number of fused-ring (bicyclic) bond motifs is 5. The van der Waals surface area contributed by atoms with Crippen molar-refractivity contribution < 1.29 is 9.53 Å². The van der Waals surface area contributed by atoms with Gasteiger partial charge >= 0.3 is 5.97 Å². The van der Waals surface area contributed by atoms with Gasteiger partial charge in [0.2, 0.25) is 0 Å². The summed E-state index contributed by atoms with van der Waals surface area (Å²) in [6, 6.07) is 9.46. The second-order valence-corrected chi connectivity index (χ2v) is 13.1. The Morgan fingerprint density at radius 2 is 1.81 bits per heavy atom. The van der Waals surface area contributed by atoms with Gasteiger partial charge in [-0.1, -0.05) is 74.4 Å². The van der Waals surface area contributed by atoms with E-state index in [0.29, 0.717) is 16.9 Å². The number of benzene rings is 1. The van der Waals surface area contributed by atoms with Crippen LogP contribution in [0.3, 0.4) is 0 Å². The van der Waals surface area contributed by atoms with E-state index >= 15 is 0 Å². The molecule has 4 aliphatic rings. The number of carbonyl (C=O) groups is 1. The number of rotatable bonds is 5. The minimum atomic E-state index is -0.170. The summed E-state index contributed by atoms with van der Waals surface area (Å²) in [5.74, 6) is 3.74. The maximum absolute atomic E-state index is 12.7. The van der Waals surface area contributed by atoms with Gasteiger partial charge in [0.15, 0.2) is 0 Å². The predicted molar refractivity (Wildman–Crippen MR) is 149 cm³/mol. The van der Waals surface area contributed by atoms with Crippen LogP contribution in [-0.4, -0.2) is 12.1 Å². The number of ether oxygens (including phenoxy) is 1. The molecule has 0 bridgehead atoms. The third-order valence-electron chi connectivity index (χ3n) is 10.9. The molecule has 0 unspecified atom stereocenters. The molecule has 0 radical (unpaired) electrons. The van der Waals surface area contributed by atoms with Crippen LogP contribution < -0.4 is 0 Å². The quantitative estimate of drug-likeness (QED) is 0.236. The molecule has 1 aromatic rings. The van der Waals surface area contributed by atoms with Crippen molar-refractivity contribution in [3.63, 3.8) is 0 Å². The molecule has 1 aromatic carbocycles. The summed E-state index contributed by atoms with van der Waals surface area (Å²) in [6.07, 6.45) is 19.4. The number of carbonyl (C=O) groups excluding carboxylic acids is 1. The van der Waals surface area contributed by atoms with Gasteiger partial charge in [-0.25, -0.2) is 4.79 Å². The lowest BCUT2D eigenvalue weighted by molar-refractivity contribution is -0.0565. The van der Waals surface area contributed by atoms with Crippen LogP contribution in [0.15, 0.2) is 65.8 Å². The van der Waals surface area contributed by atoms with Gasteiger partial charge in [0.25, 0.3) is 0 Å². The van der Waals surface area contributed by atoms with Crippen molar-refractivity contribution in [3.8, 4) is 0 Å². The van der Waals surface area contributed by atoms with Crippen molar-refractivity contribution >= 4 is 5.97 Å². The van der Waals surface area contributed by atoms with Crippen LogP contribution in [0, 0.1) is 40.4 Å². The Bertz CT molecular complexity index is 1040. The molecule has 0 saturated heterocycles. The van der Waals surface area contributed by atoms with Crippen molar-refractivity contribution in [2.45, 2.75) is 92.1 Å². The van der Waals surface area contributed by atoms with Gasteiger partial charge in [0.05, 0.1) is 5.56 Å². The second kappa shape index (κ2) is 9.99. The largest absolute Gasteiger partial charge is 0.458 e. The molecule has 0 N–H and O–H groups in total. The van der Waals surface area contributed by atoms with Crippen LogP contribution in [-0.2, 0) is 4.74 Å². The highest BCUT2D eigenvalue weighted by molar-refractivity contribution is 5.89. The van der Waals surface area contributed by atoms with Crippen LogP contribution in [0.25, 0.3) is 0 Å². The smallest absolute Gasteiger partial charge is 0.338 e. The summed E-state index contributed by atoms with van der Waals surface area (Å²) in [5.41, 5.74) is 4.37. The molecule has 36 heavy (non-hydrogen) atoms. The molecular weight excluding hydrogens is 440 g/mol. The van der Waals surface area contributed by atoms with E-state index in [4.69, 9.17) is 4.74 Å². The fraction of sp³-hybridized carbons (Fsp3) is 0.618. The fourth-order valence-corrected chi connectivity index (χ4v) is 8.98. The average Bonchev–Trinajstić information content (AvgIpc) is 3.22. The lowest BCUT2D eigenvalue weighted by Gasteiger charge is -2.58. The van der Waals surface area contributed by atoms with E-state index in [1.54, 1.807) is 5.57 Å². The van der Waals surface area contributed by atoms with Crippen LogP contribution >= 0.6 is 0 Å². The van der Waals surface area contributed by atoms with Crippen LogP contribution in [0.1, 0.15) is 96.3 Å². The van der Waals surface area contributed by atoms with Crippen molar-refractivity contribution in [2.24, 2.45) is 40.4 Å². The highest BCUT2D eigenvalue weighted by atomic mass is 16.5. The van der Waals surface area contributed by atoms with E-state index in [-0.39, 0.29) is 17.5 Å². The Hall–Kier alpha value is -2.09. The molecule has 0 heterocycles. The third-order valence-corrected chi connectivity index (χ3v) is 10.9. The molecule has 3 fully saturated rings. The first-order chi connectivity index (χ1) is 17.2. The molecule has 5 rings (SSSR count). The van der Waals surface area contributed by atoms with Gasteiger partial charge in [-0.3, -0.25) is 0 Å². The van der Waals surface area contributed by atoms with Crippen molar-refractivity contribution in [1.29, 1.82) is 0 Å². The van der Waals surface area contributed by atoms with Gasteiger partial charge in [0.1, 0.15) is 6.10 Å². The zero-order chi connectivity index (χ0) is 25.5. The molecule has 0 spiro atoms. The third kappa shape index (κ3) is 4.54. The summed E-state index contributed by atoms with van der Waals surface area (Å²) < 4.78 is 5.99. The molecule has 4 aliphatic carbocycles. The molecule has 0 aromatic heterocycles. The normalized spacial score (nSPS) is 38.4. The van der Waals surface area contributed by atoms with E-state index < -0.39 is 0 Å². The Morgan fingerprint density at radius 1 is 1.03 bits per heavy atom. The highest BCUT2D eigenvalue weighted by Crippen LogP contribution is 2.67. The van der Waals surface area contributed by atoms with Crippen LogP contribution in [0.5, 0.6) is 0 Å². The topological polar surface area (TPSA) is 26.3 Å². The summed E-state index contributed by atoms with van der Waals surface area (Å²) in [7, 11) is 0. The van der Waals surface area contributed by atoms with E-state index in [1.807, 2.05) is 30.3 Å². The summed E-state index contributed by atoms with van der Waals surface area (Å²) >= 11 is 0. The SMILES string of the molecule is CC(C)=C/C=C/[C@@H](C)[C@H]1CC[C@H]2[C@@H]3CC=C4C[C@H](OC(=O)c5ccccc5)CC[C@]4(C)[C@H]3CC[C@]12C. The summed E-state index contributed by atoms with van der Waals surface area (Å²) in [4.78, 5) is 12.7. The molecule has 0 aliphatic heterocycles. The minimum absolute atomic E-state index is 0.0201. The first kappa shape index (κ1) is 25.6. The maximum Gasteiger partial charge on any atom is 0.338 e. The monoisotopic (exact) mass is 486 g/mol. The average molecular weight is 487 g/mol. The van der Waals surface area contributed by atoms with Crippen LogP contribution in [0.4, 0.5) is 0 Å². The zero-order valence-corrected chi connectivity index (χ0v) is 23.1. The Kier molecular flexibility index (Phi) is 7.09. The number of hydrogen-bond donors (Lipinski definition) is 0. The van der Waals surface area contributed by atoms with Crippen molar-refractivity contribution in [1.82, 2.24) is 0 Å². The fourth-order valence-electron chi connectivity index (χ4n) is 8.98. The maximum atomic E-state index is 12.7. The number of hydrogen-bond acceptors (Lipinski definition) is 2. The molecule has 2 heteroatoms. The summed E-state index contributed by atoms with van der Waals surface area (Å²) in [6.45, 7) is 12.0. The molecule has 0 amide bonds. The highest BCUT2D eigenvalue weighted by Gasteiger charge is 2.59.